The van der Waals surface area contributed by atoms with Crippen LogP contribution in [0.5, 0.6) is 17.2 Å². The Morgan fingerprint density at radius 1 is 1.07 bits per heavy atom. The monoisotopic (exact) mass is 804 g/mol. The molecule has 1 fully saturated rings. The number of nitrogens with zero attached hydrogens (tertiary/aromatic N) is 3. The van der Waals surface area contributed by atoms with Gasteiger partial charge < -0.3 is 61.6 Å². The van der Waals surface area contributed by atoms with E-state index in [2.05, 4.69) is 15.3 Å². The van der Waals surface area contributed by atoms with E-state index in [1.165, 1.54) is 50.7 Å². The average molecular weight is 805 g/mol. The van der Waals surface area contributed by atoms with Crippen molar-refractivity contribution >= 4 is 35.2 Å². The molecular formula is C39H44N6O13. The summed E-state index contributed by atoms with van der Waals surface area (Å²) in [4.78, 5) is 62.3. The first-order valence-electron chi connectivity index (χ1n) is 18.1. The van der Waals surface area contributed by atoms with Crippen LogP contribution in [0.25, 0.3) is 0 Å². The number of fused-ring (bicyclic) bond motifs is 2. The summed E-state index contributed by atoms with van der Waals surface area (Å²) < 4.78 is 17.3. The highest BCUT2D eigenvalue weighted by molar-refractivity contribution is 6.30. The van der Waals surface area contributed by atoms with Gasteiger partial charge in [-0.1, -0.05) is 0 Å². The number of aliphatic hydroxyl groups excluding tert-OH is 4. The molecule has 19 nitrogen and oxygen atoms in total. The molecule has 2 amide bonds. The van der Waals surface area contributed by atoms with E-state index in [-0.39, 0.29) is 70.7 Å². The number of hydrogen-bond donors (Lipinski definition) is 9. The van der Waals surface area contributed by atoms with Crippen molar-refractivity contribution in [3.05, 3.63) is 87.6 Å². The third kappa shape index (κ3) is 7.46. The molecule has 2 aliphatic heterocycles. The highest BCUT2D eigenvalue weighted by Gasteiger charge is 2.56. The molecule has 7 unspecified atom stereocenters. The lowest BCUT2D eigenvalue weighted by atomic mass is 9.75. The van der Waals surface area contributed by atoms with Crippen LogP contribution in [-0.4, -0.2) is 134 Å². The number of methoxy groups -OCH3 is 1. The second kappa shape index (κ2) is 16.5. The number of nitrogen functional groups attached to an aromatic ring is 1. The van der Waals surface area contributed by atoms with Gasteiger partial charge in [-0.05, 0) is 55.2 Å². The van der Waals surface area contributed by atoms with Gasteiger partial charge in [0, 0.05) is 67.2 Å². The van der Waals surface area contributed by atoms with Crippen LogP contribution in [0.3, 0.4) is 0 Å². The Morgan fingerprint density at radius 2 is 1.76 bits per heavy atom. The number of benzene rings is 2. The van der Waals surface area contributed by atoms with Crippen LogP contribution >= 0.6 is 0 Å². The van der Waals surface area contributed by atoms with Crippen LogP contribution in [0.15, 0.2) is 53.7 Å². The fourth-order valence-electron chi connectivity index (χ4n) is 7.71. The van der Waals surface area contributed by atoms with Gasteiger partial charge in [0.2, 0.25) is 12.1 Å². The van der Waals surface area contributed by atoms with E-state index in [9.17, 15) is 49.8 Å². The fraction of sp³-hybridized carbons (Fsp3) is 0.385. The zero-order chi connectivity index (χ0) is 42.2. The summed E-state index contributed by atoms with van der Waals surface area (Å²) in [5.41, 5.74) is 9.25. The van der Waals surface area contributed by atoms with Crippen molar-refractivity contribution in [2.45, 2.75) is 61.9 Å². The van der Waals surface area contributed by atoms with Crippen molar-refractivity contribution in [2.75, 3.05) is 39.6 Å². The van der Waals surface area contributed by atoms with E-state index in [1.54, 1.807) is 6.92 Å². The number of pyridine rings is 1. The zero-order valence-corrected chi connectivity index (χ0v) is 31.7. The number of ketones is 2. The summed E-state index contributed by atoms with van der Waals surface area (Å²) in [6.45, 7) is 0.0282. The van der Waals surface area contributed by atoms with Gasteiger partial charge in [-0.25, -0.2) is 4.98 Å². The molecule has 0 radical (unpaired) electrons. The number of nitrogens with one attached hydrogen (secondary N) is 1. The normalized spacial score (nSPS) is 24.1. The SMILES string of the molecule is CN=C(N)NC(CCO)c1c(C)cc2c(c1O)C(=O)c1c(OC3OC(CO)C(O)(CC(CN4C(=O)C=CC4=O)c4ccnc(N)c4)C(O)C3O)cc(OC)cc1C2=O. The van der Waals surface area contributed by atoms with Gasteiger partial charge in [0.15, 0.2) is 11.7 Å². The Labute approximate surface area is 331 Å². The van der Waals surface area contributed by atoms with E-state index >= 15 is 0 Å². The topological polar surface area (TPSA) is 310 Å². The lowest BCUT2D eigenvalue weighted by Crippen LogP contribution is -2.68. The summed E-state index contributed by atoms with van der Waals surface area (Å²) in [7, 11) is 2.72. The Kier molecular flexibility index (Phi) is 11.8. The number of aryl methyl sites for hydroxylation is 1. The minimum absolute atomic E-state index is 0.0153. The Bertz CT molecular complexity index is 2190. The number of carbonyl (C=O) groups is 4. The molecule has 2 aromatic carbocycles. The number of carbonyl (C=O) groups excluding carboxylic acids is 4. The van der Waals surface area contributed by atoms with E-state index in [0.29, 0.717) is 11.1 Å². The number of imide groups is 1. The number of aromatic nitrogens is 1. The first kappa shape index (κ1) is 41.7. The smallest absolute Gasteiger partial charge is 0.253 e. The predicted octanol–water partition coefficient (Wildman–Crippen LogP) is -0.933. The second-order valence-electron chi connectivity index (χ2n) is 14.2. The van der Waals surface area contributed by atoms with Crippen LogP contribution in [0, 0.1) is 6.92 Å². The van der Waals surface area contributed by atoms with Gasteiger partial charge in [0.25, 0.3) is 11.8 Å². The molecule has 0 spiro atoms. The second-order valence-corrected chi connectivity index (χ2v) is 14.2. The number of phenols is 1. The third-order valence-corrected chi connectivity index (χ3v) is 10.7. The number of ether oxygens (including phenoxy) is 3. The number of amides is 2. The number of anilines is 1. The molecule has 0 bridgehead atoms. The molecule has 0 saturated carbocycles. The minimum Gasteiger partial charge on any atom is -0.507 e. The van der Waals surface area contributed by atoms with Crippen molar-refractivity contribution in [3.63, 3.8) is 0 Å². The van der Waals surface area contributed by atoms with E-state index in [0.717, 1.165) is 17.1 Å². The van der Waals surface area contributed by atoms with Gasteiger partial charge in [0.05, 0.1) is 30.9 Å². The molecule has 1 aromatic heterocycles. The molecule has 11 N–H and O–H groups in total. The summed E-state index contributed by atoms with van der Waals surface area (Å²) in [5.74, 6) is -4.59. The van der Waals surface area contributed by atoms with E-state index in [1.807, 2.05) is 0 Å². The zero-order valence-electron chi connectivity index (χ0n) is 31.7. The molecule has 3 heterocycles. The number of rotatable bonds is 13. The number of phenolic OH excluding ortho intramolecular Hbond substituents is 1. The summed E-state index contributed by atoms with van der Waals surface area (Å²) in [6.07, 6.45) is -4.74. The lowest BCUT2D eigenvalue weighted by molar-refractivity contribution is -0.315. The molecule has 7 atom stereocenters. The third-order valence-electron chi connectivity index (χ3n) is 10.7. The first-order chi connectivity index (χ1) is 27.6. The van der Waals surface area contributed by atoms with Crippen molar-refractivity contribution in [2.24, 2.45) is 10.7 Å². The van der Waals surface area contributed by atoms with Crippen molar-refractivity contribution in [1.29, 1.82) is 0 Å². The molecular weight excluding hydrogens is 760 g/mol. The maximum Gasteiger partial charge on any atom is 0.253 e. The maximum absolute atomic E-state index is 14.4. The number of hydrogen-bond acceptors (Lipinski definition) is 16. The van der Waals surface area contributed by atoms with E-state index in [4.69, 9.17) is 25.7 Å². The maximum atomic E-state index is 14.4. The molecule has 6 rings (SSSR count). The molecule has 3 aromatic rings. The van der Waals surface area contributed by atoms with E-state index < -0.39 is 84.3 Å². The molecule has 1 aliphatic carbocycles. The van der Waals surface area contributed by atoms with Crippen LogP contribution < -0.4 is 26.3 Å². The van der Waals surface area contributed by atoms with Crippen LogP contribution in [-0.2, 0) is 14.3 Å². The number of aliphatic imine (C=N–C) groups is 1. The van der Waals surface area contributed by atoms with Gasteiger partial charge in [0.1, 0.15) is 47.0 Å². The average Bonchev–Trinajstić information content (AvgIpc) is 3.51. The largest absolute Gasteiger partial charge is 0.507 e. The lowest BCUT2D eigenvalue weighted by Gasteiger charge is -2.49. The van der Waals surface area contributed by atoms with Crippen molar-refractivity contribution in [3.8, 4) is 17.2 Å². The summed E-state index contributed by atoms with van der Waals surface area (Å²) >= 11 is 0. The van der Waals surface area contributed by atoms with Crippen LogP contribution in [0.1, 0.15) is 73.3 Å². The molecule has 19 heteroatoms. The Balaban J connectivity index is 1.36. The quantitative estimate of drug-likeness (QED) is 0.0448. The minimum atomic E-state index is -2.46. The predicted molar refractivity (Wildman–Crippen MR) is 203 cm³/mol. The van der Waals surface area contributed by atoms with Gasteiger partial charge >= 0.3 is 0 Å². The van der Waals surface area contributed by atoms with Gasteiger partial charge in [-0.2, -0.15) is 0 Å². The van der Waals surface area contributed by atoms with Crippen LogP contribution in [0.2, 0.25) is 0 Å². The Hall–Kier alpha value is -5.96. The fourth-order valence-corrected chi connectivity index (χ4v) is 7.71. The van der Waals surface area contributed by atoms with Crippen molar-refractivity contribution in [1.82, 2.24) is 15.2 Å². The molecule has 3 aliphatic rings. The van der Waals surface area contributed by atoms with Gasteiger partial charge in [-0.3, -0.25) is 29.1 Å². The standard InChI is InChI=1S/C39H44N6O13/c1-17-10-21-31(33(51)29(17)23(7-9-46)44-38(41)42-2)34(52)30-22(32(21)50)12-20(56-3)13-24(30)57-37-35(53)36(54)39(55,25(16-47)58-37)14-19(18-6-8-43-26(40)11-18)15-45-27(48)4-5-28(45)49/h4-6,8,10-13,19,23,25,35-37,46-47,51,53-55H,7,9,14-16H2,1-3H3,(H2,40,43)(H3,41,42,44). The number of aliphatic hydroxyl groups is 5. The molecule has 308 valence electrons. The highest BCUT2D eigenvalue weighted by Crippen LogP contribution is 2.45. The number of nitrogens with two attached hydrogens (primary N) is 2. The van der Waals surface area contributed by atoms with Crippen molar-refractivity contribution < 1.29 is 64.0 Å². The summed E-state index contributed by atoms with van der Waals surface area (Å²) in [5, 5.41) is 70.0. The highest BCUT2D eigenvalue weighted by atomic mass is 16.7. The van der Waals surface area contributed by atoms with Gasteiger partial charge in [-0.15, -0.1) is 0 Å². The summed E-state index contributed by atoms with van der Waals surface area (Å²) in [6, 6.07) is 6.07. The van der Waals surface area contributed by atoms with Crippen LogP contribution in [0.4, 0.5) is 5.82 Å². The molecule has 1 saturated heterocycles. The molecule has 58 heavy (non-hydrogen) atoms. The first-order valence-corrected chi connectivity index (χ1v) is 18.1. The number of guanidine groups is 1. The Morgan fingerprint density at radius 3 is 2.38 bits per heavy atom. The number of aromatic hydroxyl groups is 1.